The van der Waals surface area contributed by atoms with E-state index in [-0.39, 0.29) is 17.8 Å². The zero-order valence-electron chi connectivity index (χ0n) is 20.8. The van der Waals surface area contributed by atoms with Gasteiger partial charge in [-0.05, 0) is 83.6 Å². The third-order valence-corrected chi connectivity index (χ3v) is 6.99. The van der Waals surface area contributed by atoms with Crippen molar-refractivity contribution in [2.24, 2.45) is 5.92 Å². The van der Waals surface area contributed by atoms with E-state index in [1.54, 1.807) is 35.2 Å². The molecule has 5 rings (SSSR count). The number of anilines is 1. The lowest BCUT2D eigenvalue weighted by molar-refractivity contribution is -0.131. The second kappa shape index (κ2) is 11.4. The average molecular weight is 529 g/mol. The van der Waals surface area contributed by atoms with E-state index in [0.717, 1.165) is 16.7 Å². The van der Waals surface area contributed by atoms with Gasteiger partial charge in [-0.1, -0.05) is 48.5 Å². The maximum absolute atomic E-state index is 13.6. The van der Waals surface area contributed by atoms with Gasteiger partial charge in [0.15, 0.2) is 0 Å². The van der Waals surface area contributed by atoms with E-state index >= 15 is 0 Å². The van der Waals surface area contributed by atoms with Crippen molar-refractivity contribution in [3.63, 3.8) is 0 Å². The summed E-state index contributed by atoms with van der Waals surface area (Å²) in [4.78, 5) is 14.9. The Morgan fingerprint density at radius 2 is 1.49 bits per heavy atom. The van der Waals surface area contributed by atoms with Crippen molar-refractivity contribution in [2.45, 2.75) is 25.0 Å². The van der Waals surface area contributed by atoms with Gasteiger partial charge in [-0.25, -0.2) is 8.78 Å². The molecule has 0 bridgehead atoms. The molecule has 1 amide bonds. The van der Waals surface area contributed by atoms with E-state index in [4.69, 9.17) is 14.7 Å². The topological polar surface area (TPSA) is 90.2 Å². The molecule has 0 unspecified atom stereocenters. The van der Waals surface area contributed by atoms with E-state index in [1.807, 2.05) is 30.3 Å². The first kappa shape index (κ1) is 26.6. The number of hydrogen-bond acceptors (Lipinski definition) is 5. The van der Waals surface area contributed by atoms with Crippen molar-refractivity contribution in [2.75, 3.05) is 4.90 Å². The Balaban J connectivity index is 1.38. The average Bonchev–Trinajstić information content (AvgIpc) is 2.93. The molecule has 4 aromatic rings. The molecule has 39 heavy (non-hydrogen) atoms. The molecule has 0 spiro atoms. The molecule has 0 radical (unpaired) electrons. The standard InChI is InChI=1S/C30H26BF2NO5/c32-23-10-8-20(9-11-23)28(35)17-16-27-29(34(30(27)36)25-14-12-24(33)13-15-25)21-6-4-19(5-7-21)22-2-1-3-26(18-22)39-31(37)38/h1-15,18,27-29,35,37-38H,16-17H2/t27-,28+,29-/m1/s1. The number of amides is 1. The minimum absolute atomic E-state index is 0.116. The largest absolute Gasteiger partial charge is 0.707 e. The number of halogens is 2. The van der Waals surface area contributed by atoms with Crippen LogP contribution in [-0.4, -0.2) is 28.4 Å². The lowest BCUT2D eigenvalue weighted by Gasteiger charge is -2.48. The van der Waals surface area contributed by atoms with Crippen molar-refractivity contribution in [1.29, 1.82) is 0 Å². The fourth-order valence-corrected chi connectivity index (χ4v) is 5.03. The highest BCUT2D eigenvalue weighted by atomic mass is 19.1. The van der Waals surface area contributed by atoms with Gasteiger partial charge in [0.1, 0.15) is 17.4 Å². The van der Waals surface area contributed by atoms with Crippen LogP contribution in [0.1, 0.15) is 36.1 Å². The van der Waals surface area contributed by atoms with Gasteiger partial charge >= 0.3 is 7.32 Å². The Labute approximate surface area is 224 Å². The van der Waals surface area contributed by atoms with Gasteiger partial charge < -0.3 is 24.7 Å². The zero-order chi connectivity index (χ0) is 27.5. The lowest BCUT2D eigenvalue weighted by atomic mass is 9.78. The van der Waals surface area contributed by atoms with Crippen molar-refractivity contribution >= 4 is 18.9 Å². The summed E-state index contributed by atoms with van der Waals surface area (Å²) in [6.07, 6.45) is -0.116. The predicted molar refractivity (Wildman–Crippen MR) is 143 cm³/mol. The summed E-state index contributed by atoms with van der Waals surface area (Å²) in [6.45, 7) is 0. The number of aliphatic hydroxyl groups excluding tert-OH is 1. The quantitative estimate of drug-likeness (QED) is 0.205. The highest BCUT2D eigenvalue weighted by molar-refractivity contribution is 6.33. The summed E-state index contributed by atoms with van der Waals surface area (Å²) >= 11 is 0. The van der Waals surface area contributed by atoms with Crippen molar-refractivity contribution < 1.29 is 33.4 Å². The Kier molecular flexibility index (Phi) is 7.74. The van der Waals surface area contributed by atoms with E-state index < -0.39 is 25.2 Å². The van der Waals surface area contributed by atoms with E-state index in [9.17, 15) is 18.7 Å². The summed E-state index contributed by atoms with van der Waals surface area (Å²) in [5.74, 6) is -0.998. The van der Waals surface area contributed by atoms with Gasteiger partial charge in [0.05, 0.1) is 18.1 Å². The van der Waals surface area contributed by atoms with Gasteiger partial charge in [-0.3, -0.25) is 4.79 Å². The second-order valence-corrected chi connectivity index (χ2v) is 9.47. The van der Waals surface area contributed by atoms with Gasteiger partial charge in [0.2, 0.25) is 5.91 Å². The van der Waals surface area contributed by atoms with Crippen molar-refractivity contribution in [3.05, 3.63) is 120 Å². The molecule has 4 aromatic carbocycles. The van der Waals surface area contributed by atoms with Gasteiger partial charge in [-0.15, -0.1) is 0 Å². The number of hydrogen-bond donors (Lipinski definition) is 3. The Morgan fingerprint density at radius 3 is 2.13 bits per heavy atom. The molecule has 1 heterocycles. The molecule has 198 valence electrons. The number of nitrogens with zero attached hydrogens (tertiary/aromatic N) is 1. The highest BCUT2D eigenvalue weighted by Crippen LogP contribution is 2.46. The smallest absolute Gasteiger partial charge is 0.512 e. The van der Waals surface area contributed by atoms with E-state index in [0.29, 0.717) is 29.8 Å². The monoisotopic (exact) mass is 529 g/mol. The molecule has 3 N–H and O–H groups in total. The summed E-state index contributed by atoms with van der Waals surface area (Å²) in [5.41, 5.74) is 3.71. The van der Waals surface area contributed by atoms with E-state index in [2.05, 4.69) is 0 Å². The van der Waals surface area contributed by atoms with Crippen LogP contribution in [0.2, 0.25) is 0 Å². The molecule has 9 heteroatoms. The molecule has 1 fully saturated rings. The van der Waals surface area contributed by atoms with E-state index in [1.165, 1.54) is 36.4 Å². The third kappa shape index (κ3) is 5.85. The fraction of sp³-hybridized carbons (Fsp3) is 0.167. The molecular weight excluding hydrogens is 503 g/mol. The van der Waals surface area contributed by atoms with Crippen LogP contribution in [0, 0.1) is 17.6 Å². The number of benzene rings is 4. The second-order valence-electron chi connectivity index (χ2n) is 9.47. The van der Waals surface area contributed by atoms with Crippen LogP contribution in [-0.2, 0) is 4.79 Å². The van der Waals surface area contributed by atoms with Crippen molar-refractivity contribution in [3.8, 4) is 16.9 Å². The van der Waals surface area contributed by atoms with Crippen LogP contribution in [0.25, 0.3) is 11.1 Å². The molecule has 3 atom stereocenters. The highest BCUT2D eigenvalue weighted by Gasteiger charge is 2.48. The summed E-state index contributed by atoms with van der Waals surface area (Å²) in [7, 11) is -1.92. The SMILES string of the molecule is O=C1[C@H](CC[C@H](O)c2ccc(F)cc2)[C@@H](c2ccc(-c3cccc(OB(O)O)c3)cc2)N1c1ccc(F)cc1. The minimum Gasteiger partial charge on any atom is -0.512 e. The lowest BCUT2D eigenvalue weighted by Crippen LogP contribution is -2.55. The molecule has 0 saturated carbocycles. The Bertz CT molecular complexity index is 1430. The van der Waals surface area contributed by atoms with Crippen LogP contribution in [0.3, 0.4) is 0 Å². The first-order chi connectivity index (χ1) is 18.8. The number of carbonyl (C=O) groups excluding carboxylic acids is 1. The maximum atomic E-state index is 13.6. The molecule has 1 aliphatic rings. The molecule has 0 aromatic heterocycles. The molecule has 1 saturated heterocycles. The molecule has 1 aliphatic heterocycles. The third-order valence-electron chi connectivity index (χ3n) is 6.99. The zero-order valence-corrected chi connectivity index (χ0v) is 20.8. The maximum Gasteiger partial charge on any atom is 0.707 e. The van der Waals surface area contributed by atoms with Gasteiger partial charge in [0.25, 0.3) is 0 Å². The summed E-state index contributed by atoms with van der Waals surface area (Å²) in [5, 5.41) is 28.8. The number of β-lactam (4-membered cyclic amide) rings is 1. The Hall–Kier alpha value is -4.05. The van der Waals surface area contributed by atoms with Crippen LogP contribution < -0.4 is 9.55 Å². The predicted octanol–water partition coefficient (Wildman–Crippen LogP) is 5.20. The number of rotatable bonds is 9. The van der Waals surface area contributed by atoms with Crippen LogP contribution >= 0.6 is 0 Å². The minimum atomic E-state index is -1.92. The van der Waals surface area contributed by atoms with Crippen molar-refractivity contribution in [1.82, 2.24) is 0 Å². The number of carbonyl (C=O) groups is 1. The van der Waals surface area contributed by atoms with Crippen LogP contribution in [0.15, 0.2) is 97.1 Å². The van der Waals surface area contributed by atoms with Crippen LogP contribution in [0.4, 0.5) is 14.5 Å². The first-order valence-corrected chi connectivity index (χ1v) is 12.6. The van der Waals surface area contributed by atoms with Crippen LogP contribution in [0.5, 0.6) is 5.75 Å². The Morgan fingerprint density at radius 1 is 0.846 bits per heavy atom. The van der Waals surface area contributed by atoms with Gasteiger partial charge in [-0.2, -0.15) is 0 Å². The molecular formula is C30H26BF2NO5. The molecule has 6 nitrogen and oxygen atoms in total. The normalized spacial score (nSPS) is 17.5. The van der Waals surface area contributed by atoms with Gasteiger partial charge in [0, 0.05) is 5.69 Å². The summed E-state index contributed by atoms with van der Waals surface area (Å²) < 4.78 is 31.8. The fourth-order valence-electron chi connectivity index (χ4n) is 5.03. The molecule has 0 aliphatic carbocycles. The number of aliphatic hydroxyl groups is 1. The first-order valence-electron chi connectivity index (χ1n) is 12.6. The summed E-state index contributed by atoms with van der Waals surface area (Å²) in [6, 6.07) is 25.6.